The summed E-state index contributed by atoms with van der Waals surface area (Å²) in [7, 11) is 0. The zero-order valence-corrected chi connectivity index (χ0v) is 7.98. The van der Waals surface area contributed by atoms with Crippen molar-refractivity contribution < 1.29 is 17.6 Å². The second-order valence-electron chi connectivity index (χ2n) is 3.26. The third kappa shape index (κ3) is 1.91. The number of rotatable bonds is 1. The van der Waals surface area contributed by atoms with Gasteiger partial charge in [-0.2, -0.15) is 0 Å². The van der Waals surface area contributed by atoms with Gasteiger partial charge in [0.25, 0.3) is 0 Å². The Hall–Kier alpha value is -1.84. The van der Waals surface area contributed by atoms with Crippen molar-refractivity contribution in [2.75, 3.05) is 0 Å². The molecule has 0 saturated carbocycles. The minimum atomic E-state index is -1.29. The van der Waals surface area contributed by atoms with E-state index in [9.17, 15) is 17.6 Å². The molecule has 0 fully saturated rings. The predicted molar refractivity (Wildman–Crippen MR) is 51.7 cm³/mol. The van der Waals surface area contributed by atoms with Gasteiger partial charge in [0, 0.05) is 11.6 Å². The van der Waals surface area contributed by atoms with Crippen molar-refractivity contribution in [3.05, 3.63) is 59.7 Å². The molecule has 0 saturated heterocycles. The molecule has 0 aromatic heterocycles. The lowest BCUT2D eigenvalue weighted by Gasteiger charge is -2.04. The molecule has 0 bridgehead atoms. The molecule has 0 N–H and O–H groups in total. The van der Waals surface area contributed by atoms with Crippen LogP contribution in [-0.2, 0) is 0 Å². The topological polar surface area (TPSA) is 0 Å². The van der Waals surface area contributed by atoms with Crippen LogP contribution < -0.4 is 0 Å². The van der Waals surface area contributed by atoms with Gasteiger partial charge in [-0.1, -0.05) is 12.1 Å². The molecule has 0 atom stereocenters. The van der Waals surface area contributed by atoms with E-state index >= 15 is 0 Å². The molecule has 0 unspecified atom stereocenters. The Labute approximate surface area is 89.2 Å². The second kappa shape index (κ2) is 3.96. The second-order valence-corrected chi connectivity index (χ2v) is 3.26. The van der Waals surface area contributed by atoms with Crippen LogP contribution in [0.1, 0.15) is 0 Å². The Kier molecular flexibility index (Phi) is 2.64. The van der Waals surface area contributed by atoms with Gasteiger partial charge in [0.1, 0.15) is 11.6 Å². The maximum absolute atomic E-state index is 13.3. The standard InChI is InChI=1S/C12H6F4/c13-8-3-1-2-7(4-8)10-5-9(14)6-11(15)12(10)16/h1-6H. The van der Waals surface area contributed by atoms with E-state index in [4.69, 9.17) is 0 Å². The van der Waals surface area contributed by atoms with Crippen molar-refractivity contribution in [3.8, 4) is 11.1 Å². The van der Waals surface area contributed by atoms with Crippen LogP contribution in [0.3, 0.4) is 0 Å². The van der Waals surface area contributed by atoms with Gasteiger partial charge in [-0.3, -0.25) is 0 Å². The minimum Gasteiger partial charge on any atom is -0.207 e. The van der Waals surface area contributed by atoms with Crippen molar-refractivity contribution >= 4 is 0 Å². The van der Waals surface area contributed by atoms with Crippen LogP contribution in [0.25, 0.3) is 11.1 Å². The first-order valence-electron chi connectivity index (χ1n) is 4.48. The monoisotopic (exact) mass is 226 g/mol. The van der Waals surface area contributed by atoms with Crippen LogP contribution in [0.4, 0.5) is 17.6 Å². The van der Waals surface area contributed by atoms with Crippen LogP contribution in [0.15, 0.2) is 36.4 Å². The summed E-state index contributed by atoms with van der Waals surface area (Å²) in [5.41, 5.74) is -0.201. The average molecular weight is 226 g/mol. The fraction of sp³-hybridized carbons (Fsp3) is 0. The highest BCUT2D eigenvalue weighted by Gasteiger charge is 2.12. The quantitative estimate of drug-likeness (QED) is 0.510. The third-order valence-electron chi connectivity index (χ3n) is 2.13. The molecule has 0 aliphatic rings. The molecule has 0 aliphatic heterocycles. The van der Waals surface area contributed by atoms with Crippen LogP contribution >= 0.6 is 0 Å². The maximum Gasteiger partial charge on any atom is 0.166 e. The Balaban J connectivity index is 2.64. The largest absolute Gasteiger partial charge is 0.207 e. The zero-order chi connectivity index (χ0) is 11.7. The van der Waals surface area contributed by atoms with Crippen LogP contribution in [-0.4, -0.2) is 0 Å². The van der Waals surface area contributed by atoms with E-state index in [0.29, 0.717) is 6.07 Å². The van der Waals surface area contributed by atoms with Gasteiger partial charge >= 0.3 is 0 Å². The van der Waals surface area contributed by atoms with E-state index < -0.39 is 23.3 Å². The van der Waals surface area contributed by atoms with E-state index in [2.05, 4.69) is 0 Å². The normalized spacial score (nSPS) is 10.5. The summed E-state index contributed by atoms with van der Waals surface area (Å²) in [6, 6.07) is 6.16. The van der Waals surface area contributed by atoms with Gasteiger partial charge in [0.2, 0.25) is 0 Å². The van der Waals surface area contributed by atoms with E-state index in [0.717, 1.165) is 18.2 Å². The van der Waals surface area contributed by atoms with Crippen molar-refractivity contribution in [3.63, 3.8) is 0 Å². The highest BCUT2D eigenvalue weighted by Crippen LogP contribution is 2.26. The first kappa shape index (κ1) is 10.7. The fourth-order valence-electron chi connectivity index (χ4n) is 1.42. The molecule has 0 aliphatic carbocycles. The SMILES string of the molecule is Fc1cccc(-c2cc(F)cc(F)c2F)c1. The predicted octanol–water partition coefficient (Wildman–Crippen LogP) is 3.91. The summed E-state index contributed by atoms with van der Waals surface area (Å²) in [6.07, 6.45) is 0. The Morgan fingerprint density at radius 1 is 0.750 bits per heavy atom. The average Bonchev–Trinajstić information content (AvgIpc) is 2.23. The molecule has 4 heteroatoms. The number of halogens is 4. The van der Waals surface area contributed by atoms with Crippen molar-refractivity contribution in [2.45, 2.75) is 0 Å². The molecule has 0 nitrogen and oxygen atoms in total. The zero-order valence-electron chi connectivity index (χ0n) is 7.98. The molecule has 0 amide bonds. The van der Waals surface area contributed by atoms with E-state index in [1.165, 1.54) is 12.1 Å². The molecular formula is C12H6F4. The highest BCUT2D eigenvalue weighted by atomic mass is 19.2. The van der Waals surface area contributed by atoms with Crippen LogP contribution in [0, 0.1) is 23.3 Å². The smallest absolute Gasteiger partial charge is 0.166 e. The first-order valence-corrected chi connectivity index (χ1v) is 4.48. The Bertz CT molecular complexity index is 535. The summed E-state index contributed by atoms with van der Waals surface area (Å²) < 4.78 is 52.0. The lowest BCUT2D eigenvalue weighted by Crippen LogP contribution is -1.92. The van der Waals surface area contributed by atoms with Crippen molar-refractivity contribution in [1.82, 2.24) is 0 Å². The molecule has 2 aromatic carbocycles. The van der Waals surface area contributed by atoms with Gasteiger partial charge in [-0.05, 0) is 23.8 Å². The first-order chi connectivity index (χ1) is 7.58. The Morgan fingerprint density at radius 2 is 1.50 bits per heavy atom. The number of hydrogen-bond acceptors (Lipinski definition) is 0. The molecule has 82 valence electrons. The summed E-state index contributed by atoms with van der Waals surface area (Å²) in [4.78, 5) is 0. The summed E-state index contributed by atoms with van der Waals surface area (Å²) in [5.74, 6) is -3.98. The molecule has 16 heavy (non-hydrogen) atoms. The highest BCUT2D eigenvalue weighted by molar-refractivity contribution is 5.64. The summed E-state index contributed by atoms with van der Waals surface area (Å²) in [6.45, 7) is 0. The lowest BCUT2D eigenvalue weighted by molar-refractivity contribution is 0.497. The van der Waals surface area contributed by atoms with Gasteiger partial charge in [-0.15, -0.1) is 0 Å². The molecule has 0 radical (unpaired) electrons. The van der Waals surface area contributed by atoms with Crippen molar-refractivity contribution in [1.29, 1.82) is 0 Å². The summed E-state index contributed by atoms with van der Waals surface area (Å²) in [5, 5.41) is 0. The third-order valence-corrected chi connectivity index (χ3v) is 2.13. The Morgan fingerprint density at radius 3 is 2.19 bits per heavy atom. The molecule has 2 rings (SSSR count). The molecule has 0 spiro atoms. The van der Waals surface area contributed by atoms with Gasteiger partial charge in [-0.25, -0.2) is 17.6 Å². The maximum atomic E-state index is 13.3. The summed E-state index contributed by atoms with van der Waals surface area (Å²) >= 11 is 0. The fourth-order valence-corrected chi connectivity index (χ4v) is 1.42. The molecule has 2 aromatic rings. The number of benzene rings is 2. The van der Waals surface area contributed by atoms with Crippen molar-refractivity contribution in [2.24, 2.45) is 0 Å². The van der Waals surface area contributed by atoms with Crippen LogP contribution in [0.2, 0.25) is 0 Å². The van der Waals surface area contributed by atoms with E-state index in [1.54, 1.807) is 0 Å². The minimum absolute atomic E-state index is 0.0934. The van der Waals surface area contributed by atoms with Gasteiger partial charge in [0.15, 0.2) is 11.6 Å². The van der Waals surface area contributed by atoms with E-state index in [-0.39, 0.29) is 11.1 Å². The lowest BCUT2D eigenvalue weighted by atomic mass is 10.0. The van der Waals surface area contributed by atoms with Gasteiger partial charge in [0.05, 0.1) is 0 Å². The van der Waals surface area contributed by atoms with Gasteiger partial charge < -0.3 is 0 Å². The number of hydrogen-bond donors (Lipinski definition) is 0. The van der Waals surface area contributed by atoms with E-state index in [1.807, 2.05) is 0 Å². The molecule has 0 heterocycles. The molecular weight excluding hydrogens is 220 g/mol. The van der Waals surface area contributed by atoms with Crippen LogP contribution in [0.5, 0.6) is 0 Å².